The molecule has 1 heterocycles. The number of benzene rings is 1. The molecule has 1 aliphatic carbocycles. The van der Waals surface area contributed by atoms with Gasteiger partial charge in [0, 0.05) is 20.1 Å². The van der Waals surface area contributed by atoms with Gasteiger partial charge in [0.25, 0.3) is 0 Å². The van der Waals surface area contributed by atoms with Crippen molar-refractivity contribution in [2.45, 2.75) is 36.1 Å². The molecule has 5 heteroatoms. The maximum Gasteiger partial charge on any atom is 0.242 e. The molecule has 3 rings (SSSR count). The van der Waals surface area contributed by atoms with Crippen LogP contribution < -0.4 is 5.32 Å². The first-order chi connectivity index (χ1) is 8.98. The fourth-order valence-electron chi connectivity index (χ4n) is 3.22. The fraction of sp³-hybridized carbons (Fsp3) is 0.571. The lowest BCUT2D eigenvalue weighted by Crippen LogP contribution is -2.42. The van der Waals surface area contributed by atoms with Gasteiger partial charge < -0.3 is 5.32 Å². The van der Waals surface area contributed by atoms with Crippen LogP contribution in [0.2, 0.25) is 0 Å². The van der Waals surface area contributed by atoms with Crippen LogP contribution in [-0.2, 0) is 16.4 Å². The maximum absolute atomic E-state index is 12.2. The van der Waals surface area contributed by atoms with Crippen molar-refractivity contribution in [3.63, 3.8) is 0 Å². The monoisotopic (exact) mass is 280 g/mol. The van der Waals surface area contributed by atoms with Gasteiger partial charge in [-0.2, -0.15) is 0 Å². The Labute approximate surface area is 114 Å². The van der Waals surface area contributed by atoms with Gasteiger partial charge in [-0.15, -0.1) is 0 Å². The highest BCUT2D eigenvalue weighted by Gasteiger charge is 2.31. The number of fused-ring (bicyclic) bond motifs is 4. The van der Waals surface area contributed by atoms with Crippen molar-refractivity contribution in [2.24, 2.45) is 0 Å². The van der Waals surface area contributed by atoms with Gasteiger partial charge in [0.05, 0.1) is 4.90 Å². The molecule has 2 aliphatic rings. The standard InChI is InChI=1S/C14H20N2O2S/c1-16(2)19(17,18)13-4-3-10-7-12-8-11(5-6-15-12)14(10)9-13/h3-4,9,11-12,15H,5-8H2,1-2H3. The van der Waals surface area contributed by atoms with Crippen LogP contribution in [0.5, 0.6) is 0 Å². The molecule has 2 unspecified atom stereocenters. The number of nitrogens with zero attached hydrogens (tertiary/aromatic N) is 1. The van der Waals surface area contributed by atoms with E-state index in [9.17, 15) is 8.42 Å². The van der Waals surface area contributed by atoms with Crippen molar-refractivity contribution >= 4 is 10.0 Å². The molecule has 4 nitrogen and oxygen atoms in total. The first kappa shape index (κ1) is 13.1. The van der Waals surface area contributed by atoms with Crippen LogP contribution in [-0.4, -0.2) is 39.4 Å². The largest absolute Gasteiger partial charge is 0.314 e. The minimum atomic E-state index is -3.32. The quantitative estimate of drug-likeness (QED) is 0.889. The second-order valence-electron chi connectivity index (χ2n) is 5.72. The Bertz CT molecular complexity index is 595. The second-order valence-corrected chi connectivity index (χ2v) is 7.88. The van der Waals surface area contributed by atoms with Gasteiger partial charge in [-0.25, -0.2) is 12.7 Å². The van der Waals surface area contributed by atoms with E-state index in [1.807, 2.05) is 12.1 Å². The average Bonchev–Trinajstić information content (AvgIpc) is 2.38. The minimum Gasteiger partial charge on any atom is -0.314 e. The van der Waals surface area contributed by atoms with Crippen LogP contribution in [0.25, 0.3) is 0 Å². The molecule has 0 saturated carbocycles. The molecule has 0 amide bonds. The number of rotatable bonds is 2. The Morgan fingerprint density at radius 1 is 1.32 bits per heavy atom. The van der Waals surface area contributed by atoms with E-state index in [1.165, 1.54) is 15.4 Å². The molecule has 2 bridgehead atoms. The molecular weight excluding hydrogens is 260 g/mol. The Morgan fingerprint density at radius 3 is 2.84 bits per heavy atom. The zero-order chi connectivity index (χ0) is 13.6. The summed E-state index contributed by atoms with van der Waals surface area (Å²) in [5.74, 6) is 0.521. The van der Waals surface area contributed by atoms with Crippen molar-refractivity contribution in [3.8, 4) is 0 Å². The van der Waals surface area contributed by atoms with Gasteiger partial charge >= 0.3 is 0 Å². The second kappa shape index (κ2) is 4.58. The SMILES string of the molecule is CN(C)S(=O)(=O)c1ccc2c(c1)C1CCNC(C2)C1. The lowest BCUT2D eigenvalue weighted by molar-refractivity contribution is 0.338. The average molecular weight is 280 g/mol. The van der Waals surface area contributed by atoms with Crippen molar-refractivity contribution in [1.82, 2.24) is 9.62 Å². The summed E-state index contributed by atoms with van der Waals surface area (Å²) in [6.45, 7) is 1.04. The van der Waals surface area contributed by atoms with E-state index in [0.29, 0.717) is 16.9 Å². The number of sulfonamides is 1. The van der Waals surface area contributed by atoms with Crippen LogP contribution in [0.15, 0.2) is 23.1 Å². The van der Waals surface area contributed by atoms with E-state index in [4.69, 9.17) is 0 Å². The zero-order valence-corrected chi connectivity index (χ0v) is 12.2. The number of nitrogens with one attached hydrogen (secondary N) is 1. The molecule has 0 aromatic heterocycles. The minimum absolute atomic E-state index is 0.424. The number of hydrogen-bond acceptors (Lipinski definition) is 3. The van der Waals surface area contributed by atoms with Crippen LogP contribution in [0, 0.1) is 0 Å². The lowest BCUT2D eigenvalue weighted by Gasteiger charge is -2.37. The molecule has 1 aromatic rings. The third-order valence-electron chi connectivity index (χ3n) is 4.30. The highest BCUT2D eigenvalue weighted by atomic mass is 32.2. The van der Waals surface area contributed by atoms with Crippen LogP contribution in [0.4, 0.5) is 0 Å². The third-order valence-corrected chi connectivity index (χ3v) is 6.11. The van der Waals surface area contributed by atoms with E-state index >= 15 is 0 Å². The van der Waals surface area contributed by atoms with Crippen molar-refractivity contribution in [1.29, 1.82) is 0 Å². The first-order valence-electron chi connectivity index (χ1n) is 6.77. The highest BCUT2D eigenvalue weighted by molar-refractivity contribution is 7.89. The summed E-state index contributed by atoms with van der Waals surface area (Å²) < 4.78 is 25.7. The van der Waals surface area contributed by atoms with Gasteiger partial charge in [0.2, 0.25) is 10.0 Å². The molecule has 1 N–H and O–H groups in total. The summed E-state index contributed by atoms with van der Waals surface area (Å²) >= 11 is 0. The molecule has 1 aromatic carbocycles. The Kier molecular flexibility index (Phi) is 3.15. The summed E-state index contributed by atoms with van der Waals surface area (Å²) in [7, 11) is -0.162. The molecule has 0 radical (unpaired) electrons. The predicted octanol–water partition coefficient (Wildman–Crippen LogP) is 1.33. The summed E-state index contributed by atoms with van der Waals surface area (Å²) in [5.41, 5.74) is 2.56. The Hall–Kier alpha value is -0.910. The van der Waals surface area contributed by atoms with Crippen LogP contribution in [0.1, 0.15) is 29.9 Å². The van der Waals surface area contributed by atoms with E-state index in [1.54, 1.807) is 20.2 Å². The van der Waals surface area contributed by atoms with Gasteiger partial charge in [0.1, 0.15) is 0 Å². The maximum atomic E-state index is 12.2. The smallest absolute Gasteiger partial charge is 0.242 e. The van der Waals surface area contributed by atoms with Gasteiger partial charge in [0.15, 0.2) is 0 Å². The summed E-state index contributed by atoms with van der Waals surface area (Å²) in [6.07, 6.45) is 3.27. The zero-order valence-electron chi connectivity index (χ0n) is 11.4. The van der Waals surface area contributed by atoms with E-state index in [2.05, 4.69) is 5.32 Å². The third kappa shape index (κ3) is 2.20. The molecule has 1 fully saturated rings. The summed E-state index contributed by atoms with van der Waals surface area (Å²) in [5, 5.41) is 3.53. The Morgan fingerprint density at radius 2 is 2.11 bits per heavy atom. The predicted molar refractivity (Wildman–Crippen MR) is 74.8 cm³/mol. The fourth-order valence-corrected chi connectivity index (χ4v) is 4.16. The Balaban J connectivity index is 2.05. The van der Waals surface area contributed by atoms with Crippen molar-refractivity contribution < 1.29 is 8.42 Å². The van der Waals surface area contributed by atoms with Crippen LogP contribution >= 0.6 is 0 Å². The van der Waals surface area contributed by atoms with Gasteiger partial charge in [-0.05, 0) is 55.0 Å². The number of hydrogen-bond donors (Lipinski definition) is 1. The van der Waals surface area contributed by atoms with E-state index in [0.717, 1.165) is 25.8 Å². The van der Waals surface area contributed by atoms with Gasteiger partial charge in [-0.1, -0.05) is 6.07 Å². The summed E-state index contributed by atoms with van der Waals surface area (Å²) in [4.78, 5) is 0.424. The van der Waals surface area contributed by atoms with E-state index in [-0.39, 0.29) is 0 Å². The molecule has 104 valence electrons. The molecule has 1 saturated heterocycles. The topological polar surface area (TPSA) is 49.4 Å². The molecule has 0 spiro atoms. The van der Waals surface area contributed by atoms with Crippen LogP contribution in [0.3, 0.4) is 0 Å². The van der Waals surface area contributed by atoms with Crippen molar-refractivity contribution in [3.05, 3.63) is 29.3 Å². The lowest BCUT2D eigenvalue weighted by atomic mass is 9.76. The molecule has 2 atom stereocenters. The molecule has 19 heavy (non-hydrogen) atoms. The number of piperidine rings is 1. The van der Waals surface area contributed by atoms with E-state index < -0.39 is 10.0 Å². The molecule has 1 aliphatic heterocycles. The van der Waals surface area contributed by atoms with Gasteiger partial charge in [-0.3, -0.25) is 0 Å². The first-order valence-corrected chi connectivity index (χ1v) is 8.21. The summed E-state index contributed by atoms with van der Waals surface area (Å²) in [6, 6.07) is 6.21. The van der Waals surface area contributed by atoms with Crippen molar-refractivity contribution in [2.75, 3.05) is 20.6 Å². The highest BCUT2D eigenvalue weighted by Crippen LogP contribution is 2.37. The normalized spacial score (nSPS) is 26.3. The molecular formula is C14H20N2O2S.